The number of carbonyl (C=O) groups excluding carboxylic acids is 3. The Labute approximate surface area is 148 Å². The summed E-state index contributed by atoms with van der Waals surface area (Å²) in [6.07, 6.45) is 3.13. The van der Waals surface area contributed by atoms with Gasteiger partial charge in [-0.05, 0) is 19.3 Å². The number of hydrogen-bond donors (Lipinski definition) is 0. The maximum absolute atomic E-state index is 12.7. The molecule has 0 aromatic heterocycles. The van der Waals surface area contributed by atoms with E-state index in [1.807, 2.05) is 4.90 Å². The number of urea groups is 1. The molecule has 4 amide bonds. The molecule has 0 aromatic carbocycles. The van der Waals surface area contributed by atoms with Crippen LogP contribution in [0.25, 0.3) is 0 Å². The first kappa shape index (κ1) is 18.1. The van der Waals surface area contributed by atoms with Gasteiger partial charge in [0.1, 0.15) is 6.04 Å². The standard InChI is InChI=1S/C17H28N4O4/c1-18-14(16(23)19(2)17(18)24)12-15(22)21-7-3-6-20(8-9-21)13-4-10-25-11-5-13/h13-14H,3-12H2,1-2H3. The van der Waals surface area contributed by atoms with Gasteiger partial charge in [-0.15, -0.1) is 0 Å². The largest absolute Gasteiger partial charge is 0.381 e. The van der Waals surface area contributed by atoms with Crippen LogP contribution in [0.15, 0.2) is 0 Å². The smallest absolute Gasteiger partial charge is 0.326 e. The number of carbonyl (C=O) groups is 3. The van der Waals surface area contributed by atoms with Crippen LogP contribution in [0.2, 0.25) is 0 Å². The molecule has 0 saturated carbocycles. The Hall–Kier alpha value is -1.67. The highest BCUT2D eigenvalue weighted by atomic mass is 16.5. The van der Waals surface area contributed by atoms with Crippen LogP contribution in [0.1, 0.15) is 25.7 Å². The zero-order valence-corrected chi connectivity index (χ0v) is 15.1. The van der Waals surface area contributed by atoms with Gasteiger partial charge in [0.2, 0.25) is 5.91 Å². The lowest BCUT2D eigenvalue weighted by molar-refractivity contribution is -0.136. The topological polar surface area (TPSA) is 73.4 Å². The number of nitrogens with zero attached hydrogens (tertiary/aromatic N) is 4. The van der Waals surface area contributed by atoms with Crippen molar-refractivity contribution >= 4 is 17.8 Å². The predicted molar refractivity (Wildman–Crippen MR) is 90.9 cm³/mol. The second kappa shape index (κ2) is 7.70. The highest BCUT2D eigenvalue weighted by Gasteiger charge is 2.42. The molecule has 1 atom stereocenters. The van der Waals surface area contributed by atoms with Crippen molar-refractivity contribution in [2.75, 3.05) is 53.5 Å². The van der Waals surface area contributed by atoms with Gasteiger partial charge in [-0.2, -0.15) is 0 Å². The van der Waals surface area contributed by atoms with E-state index in [4.69, 9.17) is 4.74 Å². The molecular formula is C17H28N4O4. The summed E-state index contributed by atoms with van der Waals surface area (Å²) in [6, 6.07) is -0.457. The van der Waals surface area contributed by atoms with E-state index >= 15 is 0 Å². The summed E-state index contributed by atoms with van der Waals surface area (Å²) in [7, 11) is 3.04. The molecule has 0 radical (unpaired) electrons. The Kier molecular flexibility index (Phi) is 5.58. The summed E-state index contributed by atoms with van der Waals surface area (Å²) in [5, 5.41) is 0. The molecule has 8 nitrogen and oxygen atoms in total. The van der Waals surface area contributed by atoms with E-state index in [0.29, 0.717) is 19.1 Å². The van der Waals surface area contributed by atoms with E-state index in [1.54, 1.807) is 7.05 Å². The van der Waals surface area contributed by atoms with Crippen molar-refractivity contribution in [2.45, 2.75) is 37.8 Å². The van der Waals surface area contributed by atoms with Crippen molar-refractivity contribution in [1.82, 2.24) is 19.6 Å². The molecule has 3 saturated heterocycles. The van der Waals surface area contributed by atoms with Crippen LogP contribution in [-0.4, -0.2) is 103 Å². The maximum atomic E-state index is 12.7. The Morgan fingerprint density at radius 1 is 1.08 bits per heavy atom. The Bertz CT molecular complexity index is 535. The van der Waals surface area contributed by atoms with Crippen LogP contribution >= 0.6 is 0 Å². The highest BCUT2D eigenvalue weighted by molar-refractivity contribution is 6.05. The number of ether oxygens (including phenoxy) is 1. The fourth-order valence-corrected chi connectivity index (χ4v) is 3.97. The van der Waals surface area contributed by atoms with Gasteiger partial charge in [-0.1, -0.05) is 0 Å². The average molecular weight is 352 g/mol. The summed E-state index contributed by atoms with van der Waals surface area (Å²) in [5.41, 5.74) is 0. The molecule has 8 heteroatoms. The van der Waals surface area contributed by atoms with E-state index in [2.05, 4.69) is 4.90 Å². The molecule has 0 aliphatic carbocycles. The SMILES string of the molecule is CN1C(=O)C(CC(=O)N2CCCN(C3CCOCC3)CC2)N(C)C1=O. The number of imide groups is 1. The molecule has 25 heavy (non-hydrogen) atoms. The Morgan fingerprint density at radius 2 is 1.80 bits per heavy atom. The van der Waals surface area contributed by atoms with E-state index < -0.39 is 6.04 Å². The maximum Gasteiger partial charge on any atom is 0.326 e. The van der Waals surface area contributed by atoms with E-state index in [1.165, 1.54) is 11.9 Å². The summed E-state index contributed by atoms with van der Waals surface area (Å²) >= 11 is 0. The lowest BCUT2D eigenvalue weighted by Crippen LogP contribution is -2.43. The third-order valence-electron chi connectivity index (χ3n) is 5.63. The lowest BCUT2D eigenvalue weighted by atomic mass is 10.1. The molecule has 140 valence electrons. The van der Waals surface area contributed by atoms with Crippen LogP contribution in [0, 0.1) is 0 Å². The molecule has 1 unspecified atom stereocenters. The molecule has 3 rings (SSSR count). The zero-order valence-electron chi connectivity index (χ0n) is 15.1. The second-order valence-corrected chi connectivity index (χ2v) is 7.12. The van der Waals surface area contributed by atoms with Gasteiger partial charge in [-0.3, -0.25) is 19.4 Å². The van der Waals surface area contributed by atoms with Crippen molar-refractivity contribution in [2.24, 2.45) is 0 Å². The van der Waals surface area contributed by atoms with Gasteiger partial charge in [0.15, 0.2) is 0 Å². The van der Waals surface area contributed by atoms with E-state index in [0.717, 1.165) is 50.5 Å². The molecular weight excluding hydrogens is 324 g/mol. The van der Waals surface area contributed by atoms with Crippen molar-refractivity contribution in [3.05, 3.63) is 0 Å². The minimum absolute atomic E-state index is 0.0397. The van der Waals surface area contributed by atoms with Crippen molar-refractivity contribution < 1.29 is 19.1 Å². The summed E-state index contributed by atoms with van der Waals surface area (Å²) in [6.45, 7) is 4.90. The number of likely N-dealkylation sites (N-methyl/N-ethyl adjacent to an activating group) is 2. The number of rotatable bonds is 3. The Morgan fingerprint density at radius 3 is 2.44 bits per heavy atom. The fraction of sp³-hybridized carbons (Fsp3) is 0.824. The normalized spacial score (nSPS) is 27.1. The highest BCUT2D eigenvalue weighted by Crippen LogP contribution is 2.20. The van der Waals surface area contributed by atoms with Gasteiger partial charge in [-0.25, -0.2) is 4.79 Å². The Balaban J connectivity index is 1.54. The van der Waals surface area contributed by atoms with Crippen LogP contribution < -0.4 is 0 Å². The number of amides is 4. The first-order chi connectivity index (χ1) is 12.0. The van der Waals surface area contributed by atoms with Gasteiger partial charge in [0.05, 0.1) is 6.42 Å². The molecule has 3 aliphatic heterocycles. The lowest BCUT2D eigenvalue weighted by Gasteiger charge is -2.33. The van der Waals surface area contributed by atoms with Crippen molar-refractivity contribution in [3.8, 4) is 0 Å². The molecule has 0 N–H and O–H groups in total. The van der Waals surface area contributed by atoms with Crippen LogP contribution in [-0.2, 0) is 14.3 Å². The molecule has 3 aliphatic rings. The molecule has 3 fully saturated rings. The van der Waals surface area contributed by atoms with E-state index in [9.17, 15) is 14.4 Å². The van der Waals surface area contributed by atoms with Crippen LogP contribution in [0.5, 0.6) is 0 Å². The fourth-order valence-electron chi connectivity index (χ4n) is 3.97. The van der Waals surface area contributed by atoms with Crippen molar-refractivity contribution in [3.63, 3.8) is 0 Å². The van der Waals surface area contributed by atoms with Gasteiger partial charge < -0.3 is 14.5 Å². The summed E-state index contributed by atoms with van der Waals surface area (Å²) in [4.78, 5) is 43.4. The van der Waals surface area contributed by atoms with Gasteiger partial charge >= 0.3 is 6.03 Å². The van der Waals surface area contributed by atoms with Gasteiger partial charge in [0, 0.05) is 59.5 Å². The number of hydrogen-bond acceptors (Lipinski definition) is 5. The zero-order chi connectivity index (χ0) is 18.0. The summed E-state index contributed by atoms with van der Waals surface area (Å²) < 4.78 is 5.43. The first-order valence-corrected chi connectivity index (χ1v) is 9.13. The van der Waals surface area contributed by atoms with Crippen LogP contribution in [0.4, 0.5) is 4.79 Å². The molecule has 0 aromatic rings. The third-order valence-corrected chi connectivity index (χ3v) is 5.63. The minimum atomic E-state index is -0.667. The predicted octanol–water partition coefficient (Wildman–Crippen LogP) is -0.0178. The first-order valence-electron chi connectivity index (χ1n) is 9.13. The molecule has 0 spiro atoms. The van der Waals surface area contributed by atoms with Crippen LogP contribution in [0.3, 0.4) is 0 Å². The quantitative estimate of drug-likeness (QED) is 0.668. The van der Waals surface area contributed by atoms with Crippen molar-refractivity contribution in [1.29, 1.82) is 0 Å². The monoisotopic (exact) mass is 352 g/mol. The van der Waals surface area contributed by atoms with Gasteiger partial charge in [0.25, 0.3) is 5.91 Å². The molecule has 3 heterocycles. The second-order valence-electron chi connectivity index (χ2n) is 7.12. The average Bonchev–Trinajstić information content (AvgIpc) is 2.85. The minimum Gasteiger partial charge on any atom is -0.381 e. The van der Waals surface area contributed by atoms with E-state index in [-0.39, 0.29) is 24.3 Å². The summed E-state index contributed by atoms with van der Waals surface area (Å²) in [5.74, 6) is -0.332. The molecule has 0 bridgehead atoms. The third kappa shape index (κ3) is 3.79.